The van der Waals surface area contributed by atoms with Gasteiger partial charge in [0.25, 0.3) is 5.69 Å². The van der Waals surface area contributed by atoms with E-state index < -0.39 is 101 Å². The van der Waals surface area contributed by atoms with Gasteiger partial charge in [0.1, 0.15) is 0 Å². The third-order valence-corrected chi connectivity index (χ3v) is 5.41. The van der Waals surface area contributed by atoms with Gasteiger partial charge in [0.15, 0.2) is 11.5 Å². The highest BCUT2D eigenvalue weighted by Gasteiger charge is 2.95. The van der Waals surface area contributed by atoms with E-state index in [9.17, 15) is 84.8 Å². The van der Waals surface area contributed by atoms with Crippen molar-refractivity contribution in [3.8, 4) is 11.5 Å². The van der Waals surface area contributed by atoms with E-state index in [4.69, 9.17) is 14.6 Å². The van der Waals surface area contributed by atoms with Crippen LogP contribution in [0.5, 0.6) is 11.5 Å². The molecule has 23 heteroatoms. The number of halogens is 17. The molecule has 0 atom stereocenters. The summed E-state index contributed by atoms with van der Waals surface area (Å²) in [7, 11) is 0.899. The van der Waals surface area contributed by atoms with Crippen molar-refractivity contribution < 1.29 is 94.1 Å². The Balaban J connectivity index is 3.29. The van der Waals surface area contributed by atoms with Gasteiger partial charge < -0.3 is 14.6 Å². The number of alkyl halides is 17. The number of nitro groups is 1. The van der Waals surface area contributed by atoms with Gasteiger partial charge in [-0.1, -0.05) is 0 Å². The van der Waals surface area contributed by atoms with Crippen molar-refractivity contribution in [2.24, 2.45) is 0 Å². The number of methoxy groups -OCH3 is 1. The molecule has 1 N–H and O–H groups in total. The Hall–Kier alpha value is -3.01. The van der Waals surface area contributed by atoms with Crippen molar-refractivity contribution in [1.82, 2.24) is 0 Å². The average molecular weight is 659 g/mol. The summed E-state index contributed by atoms with van der Waals surface area (Å²) in [6.45, 7) is -2.28. The summed E-state index contributed by atoms with van der Waals surface area (Å²) < 4.78 is 235. The number of hydrogen-bond donors (Lipinski definition) is 1. The molecule has 0 bridgehead atoms. The van der Waals surface area contributed by atoms with Crippen molar-refractivity contribution in [2.75, 3.05) is 13.7 Å². The second-order valence-corrected chi connectivity index (χ2v) is 8.15. The van der Waals surface area contributed by atoms with Gasteiger partial charge in [-0.3, -0.25) is 10.1 Å². The topological polar surface area (TPSA) is 81.8 Å². The Kier molecular flexibility index (Phi) is 9.91. The molecule has 0 aliphatic carbocycles. The number of benzene rings is 1. The molecule has 0 spiro atoms. The highest BCUT2D eigenvalue weighted by atomic mass is 19.4. The lowest BCUT2D eigenvalue weighted by molar-refractivity contribution is -0.461. The number of nitrogens with zero attached hydrogens (tertiary/aromatic N) is 1. The lowest BCUT2D eigenvalue weighted by Gasteiger charge is -2.42. The number of rotatable bonds is 14. The third-order valence-electron chi connectivity index (χ3n) is 5.41. The maximum atomic E-state index is 14.0. The molecule has 1 aromatic carbocycles. The molecule has 0 heterocycles. The molecule has 0 unspecified atom stereocenters. The zero-order valence-electron chi connectivity index (χ0n) is 19.9. The molecule has 1 aromatic rings. The summed E-state index contributed by atoms with van der Waals surface area (Å²) in [5, 5.41) is 20.1. The molecule has 0 radical (unpaired) electrons. The summed E-state index contributed by atoms with van der Waals surface area (Å²) in [5.74, 6) is -58.2. The second kappa shape index (κ2) is 11.2. The van der Waals surface area contributed by atoms with Gasteiger partial charge in [0.05, 0.1) is 36.9 Å². The first kappa shape index (κ1) is 37.0. The molecule has 42 heavy (non-hydrogen) atoms. The quantitative estimate of drug-likeness (QED) is 0.0985. The monoisotopic (exact) mass is 659 g/mol. The summed E-state index contributed by atoms with van der Waals surface area (Å²) in [5.41, 5.74) is -1.27. The van der Waals surface area contributed by atoms with E-state index in [-0.39, 0.29) is 0 Å². The SMILES string of the molecule is COc1cc(CO)c([N+](=O)[O-])cc1OCCCC(F)(F)C(F)(F)C(F)(F)C(F)(F)C(F)(F)C(F)(F)C(F)(F)C(F)(F)F. The minimum absolute atomic E-state index is 0.395. The number of hydrogen-bond acceptors (Lipinski definition) is 5. The summed E-state index contributed by atoms with van der Waals surface area (Å²) in [4.78, 5) is 9.90. The Morgan fingerprint density at radius 2 is 1.14 bits per heavy atom. The van der Waals surface area contributed by atoms with Crippen LogP contribution in [0.25, 0.3) is 0 Å². The number of ether oxygens (including phenoxy) is 2. The van der Waals surface area contributed by atoms with E-state index in [1.165, 1.54) is 0 Å². The third kappa shape index (κ3) is 5.66. The van der Waals surface area contributed by atoms with Gasteiger partial charge in [0.2, 0.25) is 0 Å². The minimum atomic E-state index is -8.71. The van der Waals surface area contributed by atoms with Crippen LogP contribution in [0.4, 0.5) is 80.3 Å². The van der Waals surface area contributed by atoms with Gasteiger partial charge in [-0.2, -0.15) is 74.6 Å². The maximum absolute atomic E-state index is 14.0. The van der Waals surface area contributed by atoms with Crippen LogP contribution in [0, 0.1) is 10.1 Å². The van der Waals surface area contributed by atoms with Crippen LogP contribution in [0.2, 0.25) is 0 Å². The minimum Gasteiger partial charge on any atom is -0.493 e. The predicted molar refractivity (Wildman–Crippen MR) is 101 cm³/mol. The zero-order chi connectivity index (χ0) is 33.5. The smallest absolute Gasteiger partial charge is 0.460 e. The van der Waals surface area contributed by atoms with Crippen LogP contribution in [0.15, 0.2) is 12.1 Å². The Morgan fingerprint density at radius 1 is 0.714 bits per heavy atom. The van der Waals surface area contributed by atoms with Crippen molar-refractivity contribution in [3.63, 3.8) is 0 Å². The van der Waals surface area contributed by atoms with E-state index in [0.29, 0.717) is 6.07 Å². The van der Waals surface area contributed by atoms with E-state index in [1.54, 1.807) is 0 Å². The fraction of sp³-hybridized carbons (Fsp3) is 0.684. The lowest BCUT2D eigenvalue weighted by Crippen LogP contribution is -2.74. The summed E-state index contributed by atoms with van der Waals surface area (Å²) >= 11 is 0. The van der Waals surface area contributed by atoms with Crippen molar-refractivity contribution in [2.45, 2.75) is 67.1 Å². The van der Waals surface area contributed by atoms with E-state index in [2.05, 4.69) is 0 Å². The molecule has 0 aromatic heterocycles. The van der Waals surface area contributed by atoms with Crippen LogP contribution >= 0.6 is 0 Å². The first-order valence-corrected chi connectivity index (χ1v) is 10.3. The van der Waals surface area contributed by atoms with Crippen LogP contribution in [0.3, 0.4) is 0 Å². The van der Waals surface area contributed by atoms with Crippen LogP contribution in [-0.2, 0) is 6.61 Å². The standard InChI is InChI=1S/C19H14F17NO5/c1-41-10-5-8(7-38)9(37(39)40)6-11(10)42-4-2-3-12(20,21)13(22,23)14(24,25)15(26,27)16(28,29)17(30,31)18(32,33)19(34,35)36/h5-6,38H,2-4,7H2,1H3. The van der Waals surface area contributed by atoms with Crippen LogP contribution < -0.4 is 9.47 Å². The molecular weight excluding hydrogens is 645 g/mol. The Bertz CT molecular complexity index is 1140. The molecule has 0 aliphatic rings. The van der Waals surface area contributed by atoms with Crippen LogP contribution in [-0.4, -0.2) is 71.4 Å². The average Bonchev–Trinajstić information content (AvgIpc) is 2.84. The predicted octanol–water partition coefficient (Wildman–Crippen LogP) is 7.26. The lowest BCUT2D eigenvalue weighted by atomic mass is 9.88. The van der Waals surface area contributed by atoms with Gasteiger partial charge >= 0.3 is 47.6 Å². The highest BCUT2D eigenvalue weighted by molar-refractivity contribution is 5.54. The van der Waals surface area contributed by atoms with Gasteiger partial charge in [-0.05, 0) is 12.5 Å². The fourth-order valence-corrected chi connectivity index (χ4v) is 2.99. The molecule has 0 saturated carbocycles. The number of nitro benzene ring substituents is 1. The molecule has 0 saturated heterocycles. The molecule has 0 amide bonds. The normalized spacial score (nSPS) is 14.6. The molecule has 0 aliphatic heterocycles. The van der Waals surface area contributed by atoms with Gasteiger partial charge in [-0.15, -0.1) is 0 Å². The molecule has 0 fully saturated rings. The largest absolute Gasteiger partial charge is 0.493 e. The fourth-order valence-electron chi connectivity index (χ4n) is 2.99. The first-order chi connectivity index (χ1) is 18.5. The maximum Gasteiger partial charge on any atom is 0.460 e. The van der Waals surface area contributed by atoms with Crippen molar-refractivity contribution in [3.05, 3.63) is 27.8 Å². The summed E-state index contributed by atoms with van der Waals surface area (Å²) in [6, 6.07) is 1.28. The zero-order valence-corrected chi connectivity index (χ0v) is 19.9. The second-order valence-electron chi connectivity index (χ2n) is 8.15. The molecule has 244 valence electrons. The highest BCUT2D eigenvalue weighted by Crippen LogP contribution is 2.64. The first-order valence-electron chi connectivity index (χ1n) is 10.3. The van der Waals surface area contributed by atoms with E-state index in [1.807, 2.05) is 0 Å². The summed E-state index contributed by atoms with van der Waals surface area (Å²) in [6.07, 6.45) is -12.2. The Morgan fingerprint density at radius 3 is 1.52 bits per heavy atom. The Labute approximate surface area is 221 Å². The number of aliphatic hydroxyl groups excluding tert-OH is 1. The molecule has 6 nitrogen and oxygen atoms in total. The van der Waals surface area contributed by atoms with E-state index >= 15 is 0 Å². The van der Waals surface area contributed by atoms with E-state index in [0.717, 1.165) is 13.2 Å². The van der Waals surface area contributed by atoms with Crippen molar-refractivity contribution in [1.29, 1.82) is 0 Å². The van der Waals surface area contributed by atoms with Crippen LogP contribution in [0.1, 0.15) is 18.4 Å². The van der Waals surface area contributed by atoms with Gasteiger partial charge in [-0.25, -0.2) is 0 Å². The number of aliphatic hydroxyl groups is 1. The van der Waals surface area contributed by atoms with Crippen molar-refractivity contribution >= 4 is 5.69 Å². The molecule has 1 rings (SSSR count). The molecular formula is C19H14F17NO5. The van der Waals surface area contributed by atoms with Gasteiger partial charge in [0, 0.05) is 6.42 Å².